The summed E-state index contributed by atoms with van der Waals surface area (Å²) in [5, 5.41) is 4.93. The van der Waals surface area contributed by atoms with Crippen LogP contribution >= 0.6 is 0 Å². The van der Waals surface area contributed by atoms with Crippen molar-refractivity contribution < 1.29 is 0 Å². The maximum absolute atomic E-state index is 5.23. The van der Waals surface area contributed by atoms with Gasteiger partial charge in [-0.3, -0.25) is 0 Å². The van der Waals surface area contributed by atoms with E-state index in [9.17, 15) is 0 Å². The van der Waals surface area contributed by atoms with Crippen LogP contribution in [0.3, 0.4) is 0 Å². The van der Waals surface area contributed by atoms with Gasteiger partial charge >= 0.3 is 0 Å². The van der Waals surface area contributed by atoms with Crippen LogP contribution in [0.2, 0.25) is 0 Å². The maximum atomic E-state index is 5.23. The summed E-state index contributed by atoms with van der Waals surface area (Å²) in [4.78, 5) is 5.23. The second-order valence-electron chi connectivity index (χ2n) is 11.2. The van der Waals surface area contributed by atoms with Crippen LogP contribution in [0.1, 0.15) is 0 Å². The molecule has 8 rings (SSSR count). The summed E-state index contributed by atoms with van der Waals surface area (Å²) in [6.07, 6.45) is 0. The minimum absolute atomic E-state index is 0.970. The Labute approximate surface area is 257 Å². The molecule has 44 heavy (non-hydrogen) atoms. The Morgan fingerprint density at radius 2 is 0.773 bits per heavy atom. The van der Waals surface area contributed by atoms with Crippen molar-refractivity contribution >= 4 is 21.5 Å². The monoisotopic (exact) mass is 559 g/mol. The zero-order chi connectivity index (χ0) is 29.3. The SMILES string of the molecule is c1ccc(-c2cc(-c3ccccc3)nc(-c3ccc(-c4cccc(-c5cccc6ccccc56)c4)c4ccccc34)c2)cc1. The van der Waals surface area contributed by atoms with Gasteiger partial charge < -0.3 is 0 Å². The number of aromatic nitrogens is 1. The minimum atomic E-state index is 0.970. The van der Waals surface area contributed by atoms with Crippen LogP contribution < -0.4 is 0 Å². The first kappa shape index (κ1) is 25.9. The molecule has 1 aromatic heterocycles. The molecule has 0 aliphatic rings. The molecule has 0 aliphatic carbocycles. The fourth-order valence-electron chi connectivity index (χ4n) is 6.33. The van der Waals surface area contributed by atoms with Crippen molar-refractivity contribution in [2.45, 2.75) is 0 Å². The fraction of sp³-hybridized carbons (Fsp3) is 0. The van der Waals surface area contributed by atoms with Crippen LogP contribution in [0.4, 0.5) is 0 Å². The lowest BCUT2D eigenvalue weighted by Crippen LogP contribution is -1.93. The zero-order valence-electron chi connectivity index (χ0n) is 24.2. The first-order valence-corrected chi connectivity index (χ1v) is 15.1. The van der Waals surface area contributed by atoms with Crippen molar-refractivity contribution in [1.82, 2.24) is 4.98 Å². The average molecular weight is 560 g/mol. The number of fused-ring (bicyclic) bond motifs is 2. The third-order valence-electron chi connectivity index (χ3n) is 8.48. The van der Waals surface area contributed by atoms with Gasteiger partial charge in [0.15, 0.2) is 0 Å². The van der Waals surface area contributed by atoms with Gasteiger partial charge in [-0.1, -0.05) is 158 Å². The van der Waals surface area contributed by atoms with Crippen molar-refractivity contribution in [3.8, 4) is 55.9 Å². The number of benzene rings is 7. The van der Waals surface area contributed by atoms with E-state index in [1.54, 1.807) is 0 Å². The molecular formula is C43H29N. The number of hydrogen-bond donors (Lipinski definition) is 0. The number of rotatable bonds is 5. The topological polar surface area (TPSA) is 12.9 Å². The normalized spacial score (nSPS) is 11.2. The van der Waals surface area contributed by atoms with Crippen molar-refractivity contribution in [2.75, 3.05) is 0 Å². The Morgan fingerprint density at radius 3 is 1.52 bits per heavy atom. The van der Waals surface area contributed by atoms with Crippen molar-refractivity contribution in [1.29, 1.82) is 0 Å². The Bertz CT molecular complexity index is 2200. The van der Waals surface area contributed by atoms with Gasteiger partial charge in [0.25, 0.3) is 0 Å². The van der Waals surface area contributed by atoms with Crippen LogP contribution in [0.25, 0.3) is 77.4 Å². The molecule has 0 atom stereocenters. The highest BCUT2D eigenvalue weighted by Crippen LogP contribution is 2.39. The van der Waals surface area contributed by atoms with E-state index in [0.29, 0.717) is 0 Å². The molecule has 8 aromatic rings. The fourth-order valence-corrected chi connectivity index (χ4v) is 6.33. The van der Waals surface area contributed by atoms with Gasteiger partial charge in [0.1, 0.15) is 0 Å². The lowest BCUT2D eigenvalue weighted by Gasteiger charge is -2.15. The Morgan fingerprint density at radius 1 is 0.273 bits per heavy atom. The molecule has 1 nitrogen and oxygen atoms in total. The first-order valence-electron chi connectivity index (χ1n) is 15.1. The van der Waals surface area contributed by atoms with Gasteiger partial charge in [-0.25, -0.2) is 4.98 Å². The molecule has 0 amide bonds. The summed E-state index contributed by atoms with van der Waals surface area (Å²) >= 11 is 0. The van der Waals surface area contributed by atoms with E-state index in [1.165, 1.54) is 49.4 Å². The molecule has 0 bridgehead atoms. The second kappa shape index (κ2) is 11.1. The molecule has 0 spiro atoms. The predicted octanol–water partition coefficient (Wildman–Crippen LogP) is 11.7. The molecule has 7 aromatic carbocycles. The summed E-state index contributed by atoms with van der Waals surface area (Å²) in [6.45, 7) is 0. The van der Waals surface area contributed by atoms with E-state index >= 15 is 0 Å². The third kappa shape index (κ3) is 4.75. The van der Waals surface area contributed by atoms with Crippen LogP contribution in [0.15, 0.2) is 176 Å². The summed E-state index contributed by atoms with van der Waals surface area (Å²) in [5.41, 5.74) is 11.4. The largest absolute Gasteiger partial charge is 0.248 e. The average Bonchev–Trinajstić information content (AvgIpc) is 3.11. The summed E-state index contributed by atoms with van der Waals surface area (Å²) in [6, 6.07) is 62.8. The molecule has 206 valence electrons. The Kier molecular flexibility index (Phi) is 6.55. The van der Waals surface area contributed by atoms with Crippen LogP contribution in [-0.2, 0) is 0 Å². The van der Waals surface area contributed by atoms with E-state index in [2.05, 4.69) is 170 Å². The lowest BCUT2D eigenvalue weighted by atomic mass is 9.90. The molecule has 1 heteroatoms. The third-order valence-corrected chi connectivity index (χ3v) is 8.48. The number of nitrogens with zero attached hydrogens (tertiary/aromatic N) is 1. The minimum Gasteiger partial charge on any atom is -0.248 e. The number of pyridine rings is 1. The molecule has 0 saturated heterocycles. The molecule has 1 heterocycles. The predicted molar refractivity (Wildman–Crippen MR) is 186 cm³/mol. The van der Waals surface area contributed by atoms with Crippen LogP contribution in [0.5, 0.6) is 0 Å². The van der Waals surface area contributed by atoms with Gasteiger partial charge in [-0.2, -0.15) is 0 Å². The van der Waals surface area contributed by atoms with Gasteiger partial charge in [0.2, 0.25) is 0 Å². The standard InChI is InChI=1S/C43H29N/c1-3-13-30(14-4-1)35-28-42(32-16-5-2-6-17-32)44-43(29-35)41-26-25-38(39-22-9-10-23-40(39)41)34-20-11-19-33(27-34)37-24-12-18-31-15-7-8-21-36(31)37/h1-29H. The van der Waals surface area contributed by atoms with Crippen molar-refractivity contribution in [3.63, 3.8) is 0 Å². The Balaban J connectivity index is 1.29. The van der Waals surface area contributed by atoms with Gasteiger partial charge in [-0.15, -0.1) is 0 Å². The van der Waals surface area contributed by atoms with Crippen LogP contribution in [-0.4, -0.2) is 4.98 Å². The summed E-state index contributed by atoms with van der Waals surface area (Å²) in [5.74, 6) is 0. The highest BCUT2D eigenvalue weighted by molar-refractivity contribution is 6.05. The quantitative estimate of drug-likeness (QED) is 0.204. The molecule has 0 unspecified atom stereocenters. The number of hydrogen-bond acceptors (Lipinski definition) is 1. The second-order valence-corrected chi connectivity index (χ2v) is 11.2. The maximum Gasteiger partial charge on any atom is 0.0721 e. The van der Waals surface area contributed by atoms with E-state index in [0.717, 1.165) is 28.1 Å². The zero-order valence-corrected chi connectivity index (χ0v) is 24.2. The van der Waals surface area contributed by atoms with Gasteiger partial charge in [0.05, 0.1) is 11.4 Å². The van der Waals surface area contributed by atoms with Crippen LogP contribution in [0, 0.1) is 0 Å². The molecule has 0 radical (unpaired) electrons. The molecular weight excluding hydrogens is 530 g/mol. The Hall–Kier alpha value is -5.79. The van der Waals surface area contributed by atoms with Crippen molar-refractivity contribution in [2.24, 2.45) is 0 Å². The van der Waals surface area contributed by atoms with E-state index in [-0.39, 0.29) is 0 Å². The summed E-state index contributed by atoms with van der Waals surface area (Å²) < 4.78 is 0. The highest BCUT2D eigenvalue weighted by atomic mass is 14.7. The van der Waals surface area contributed by atoms with Gasteiger partial charge in [0, 0.05) is 11.1 Å². The first-order chi connectivity index (χ1) is 21.8. The summed E-state index contributed by atoms with van der Waals surface area (Å²) in [7, 11) is 0. The van der Waals surface area contributed by atoms with Crippen molar-refractivity contribution in [3.05, 3.63) is 176 Å². The molecule has 0 fully saturated rings. The van der Waals surface area contributed by atoms with E-state index in [4.69, 9.17) is 4.98 Å². The highest BCUT2D eigenvalue weighted by Gasteiger charge is 2.14. The van der Waals surface area contributed by atoms with E-state index in [1.807, 2.05) is 6.07 Å². The molecule has 0 aliphatic heterocycles. The van der Waals surface area contributed by atoms with Gasteiger partial charge in [-0.05, 0) is 73.1 Å². The van der Waals surface area contributed by atoms with E-state index < -0.39 is 0 Å². The lowest BCUT2D eigenvalue weighted by molar-refractivity contribution is 1.33. The molecule has 0 N–H and O–H groups in total. The smallest absolute Gasteiger partial charge is 0.0721 e. The molecule has 0 saturated carbocycles.